The molecule has 1 atom stereocenters. The molecule has 0 bridgehead atoms. The van der Waals surface area contributed by atoms with Crippen molar-refractivity contribution in [2.45, 2.75) is 33.3 Å². The third kappa shape index (κ3) is 3.79. The zero-order valence-corrected chi connectivity index (χ0v) is 10.8. The number of hydrogen-bond acceptors (Lipinski definition) is 3. The van der Waals surface area contributed by atoms with Crippen molar-refractivity contribution >= 4 is 0 Å². The maximum Gasteiger partial charge on any atom is 0.127 e. The van der Waals surface area contributed by atoms with Gasteiger partial charge in [-0.05, 0) is 6.92 Å². The summed E-state index contributed by atoms with van der Waals surface area (Å²) in [5.41, 5.74) is -1.15. The molecule has 0 unspecified atom stereocenters. The molecule has 1 fully saturated rings. The van der Waals surface area contributed by atoms with Crippen molar-refractivity contribution < 1.29 is 9.84 Å². The summed E-state index contributed by atoms with van der Waals surface area (Å²) in [6.45, 7) is 11.9. The molecule has 1 aliphatic rings. The molecule has 0 aromatic carbocycles. The molecule has 3 heteroatoms. The average Bonchev–Trinajstić information content (AvgIpc) is 2.17. The molecule has 0 spiro atoms. The van der Waals surface area contributed by atoms with Crippen molar-refractivity contribution in [3.8, 4) is 11.8 Å². The van der Waals surface area contributed by atoms with Gasteiger partial charge in [0, 0.05) is 18.5 Å². The van der Waals surface area contributed by atoms with Gasteiger partial charge in [0.2, 0.25) is 0 Å². The molecular formula is C13H23NO2. The van der Waals surface area contributed by atoms with E-state index in [0.717, 1.165) is 32.8 Å². The van der Waals surface area contributed by atoms with Gasteiger partial charge in [-0.3, -0.25) is 4.90 Å². The van der Waals surface area contributed by atoms with Crippen LogP contribution in [0.1, 0.15) is 27.7 Å². The van der Waals surface area contributed by atoms with E-state index in [1.54, 1.807) is 6.92 Å². The topological polar surface area (TPSA) is 32.7 Å². The Hall–Kier alpha value is -0.560. The summed E-state index contributed by atoms with van der Waals surface area (Å²) in [5.74, 6) is 6.04. The summed E-state index contributed by atoms with van der Waals surface area (Å²) in [6.07, 6.45) is 0. The molecule has 0 saturated carbocycles. The monoisotopic (exact) mass is 225 g/mol. The Labute approximate surface area is 98.8 Å². The lowest BCUT2D eigenvalue weighted by Crippen LogP contribution is -2.39. The third-order valence-corrected chi connectivity index (χ3v) is 3.20. The van der Waals surface area contributed by atoms with E-state index in [1.165, 1.54) is 0 Å². The minimum atomic E-state index is -0.931. The summed E-state index contributed by atoms with van der Waals surface area (Å²) in [7, 11) is 0. The van der Waals surface area contributed by atoms with Crippen molar-refractivity contribution in [3.63, 3.8) is 0 Å². The Morgan fingerprint density at radius 1 is 1.19 bits per heavy atom. The van der Waals surface area contributed by atoms with Gasteiger partial charge in [0.1, 0.15) is 5.60 Å². The molecule has 0 radical (unpaired) electrons. The Morgan fingerprint density at radius 3 is 2.25 bits per heavy atom. The normalized spacial score (nSPS) is 22.1. The fraction of sp³-hybridized carbons (Fsp3) is 0.846. The lowest BCUT2D eigenvalue weighted by atomic mass is 9.78. The highest BCUT2D eigenvalue weighted by Crippen LogP contribution is 2.28. The Kier molecular flexibility index (Phi) is 4.37. The zero-order valence-electron chi connectivity index (χ0n) is 10.8. The van der Waals surface area contributed by atoms with E-state index in [9.17, 15) is 5.11 Å². The van der Waals surface area contributed by atoms with Crippen LogP contribution in [0, 0.1) is 17.3 Å². The highest BCUT2D eigenvalue weighted by molar-refractivity contribution is 5.17. The molecule has 0 amide bonds. The lowest BCUT2D eigenvalue weighted by molar-refractivity contribution is 0.0125. The van der Waals surface area contributed by atoms with Crippen LogP contribution in [0.25, 0.3) is 0 Å². The summed E-state index contributed by atoms with van der Waals surface area (Å²) in [5, 5.41) is 10.2. The van der Waals surface area contributed by atoms with Gasteiger partial charge in [0.25, 0.3) is 0 Å². The molecule has 0 aromatic heterocycles. The van der Waals surface area contributed by atoms with E-state index in [1.807, 2.05) is 20.8 Å². The predicted molar refractivity (Wildman–Crippen MR) is 65.1 cm³/mol. The van der Waals surface area contributed by atoms with Crippen LogP contribution in [0.5, 0.6) is 0 Å². The second-order valence-corrected chi connectivity index (χ2v) is 5.51. The first-order chi connectivity index (χ1) is 7.33. The van der Waals surface area contributed by atoms with E-state index >= 15 is 0 Å². The van der Waals surface area contributed by atoms with Crippen molar-refractivity contribution in [2.75, 3.05) is 32.8 Å². The molecule has 0 aliphatic carbocycles. The van der Waals surface area contributed by atoms with Gasteiger partial charge in [-0.1, -0.05) is 32.6 Å². The summed E-state index contributed by atoms with van der Waals surface area (Å²) < 4.78 is 5.26. The van der Waals surface area contributed by atoms with Crippen LogP contribution in [0.4, 0.5) is 0 Å². The molecule has 92 valence electrons. The average molecular weight is 225 g/mol. The first-order valence-electron chi connectivity index (χ1n) is 5.85. The highest BCUT2D eigenvalue weighted by atomic mass is 16.5. The molecule has 3 nitrogen and oxygen atoms in total. The zero-order chi connectivity index (χ0) is 12.2. The smallest absolute Gasteiger partial charge is 0.127 e. The van der Waals surface area contributed by atoms with E-state index in [-0.39, 0.29) is 5.41 Å². The third-order valence-electron chi connectivity index (χ3n) is 3.20. The van der Waals surface area contributed by atoms with Gasteiger partial charge in [-0.15, -0.1) is 0 Å². The molecule has 1 rings (SSSR count). The fourth-order valence-corrected chi connectivity index (χ4v) is 1.27. The van der Waals surface area contributed by atoms with Crippen molar-refractivity contribution in [1.82, 2.24) is 4.90 Å². The van der Waals surface area contributed by atoms with Crippen LogP contribution >= 0.6 is 0 Å². The van der Waals surface area contributed by atoms with Crippen molar-refractivity contribution in [1.29, 1.82) is 0 Å². The number of hydrogen-bond donors (Lipinski definition) is 1. The number of ether oxygens (including phenoxy) is 1. The number of morpholine rings is 1. The molecule has 1 saturated heterocycles. The largest absolute Gasteiger partial charge is 0.379 e. The van der Waals surface area contributed by atoms with Gasteiger partial charge in [0.05, 0.1) is 19.8 Å². The van der Waals surface area contributed by atoms with E-state index in [4.69, 9.17) is 4.74 Å². The number of rotatable bonds is 1. The SMILES string of the molecule is CC(C)(C)[C@@](C)(O)C#CCN1CCOCC1. The molecule has 16 heavy (non-hydrogen) atoms. The quantitative estimate of drug-likeness (QED) is 0.679. The standard InChI is InChI=1S/C13H23NO2/c1-12(2,3)13(4,15)6-5-7-14-8-10-16-11-9-14/h15H,7-11H2,1-4H3/t13-/m0/s1. The maximum atomic E-state index is 10.2. The minimum Gasteiger partial charge on any atom is -0.379 e. The summed E-state index contributed by atoms with van der Waals surface area (Å²) in [4.78, 5) is 2.25. The summed E-state index contributed by atoms with van der Waals surface area (Å²) >= 11 is 0. The highest BCUT2D eigenvalue weighted by Gasteiger charge is 2.33. The van der Waals surface area contributed by atoms with Gasteiger partial charge < -0.3 is 9.84 Å². The van der Waals surface area contributed by atoms with Gasteiger partial charge in [-0.2, -0.15) is 0 Å². The van der Waals surface area contributed by atoms with Crippen LogP contribution in [0.3, 0.4) is 0 Å². The first-order valence-corrected chi connectivity index (χ1v) is 5.85. The molecular weight excluding hydrogens is 202 g/mol. The molecule has 1 aliphatic heterocycles. The molecule has 1 N–H and O–H groups in total. The van der Waals surface area contributed by atoms with Crippen molar-refractivity contribution in [2.24, 2.45) is 5.41 Å². The van der Waals surface area contributed by atoms with Crippen LogP contribution in [0.15, 0.2) is 0 Å². The molecule has 1 heterocycles. The van der Waals surface area contributed by atoms with Crippen LogP contribution in [0.2, 0.25) is 0 Å². The fourth-order valence-electron chi connectivity index (χ4n) is 1.27. The Balaban J connectivity index is 2.47. The van der Waals surface area contributed by atoms with Gasteiger partial charge in [0.15, 0.2) is 0 Å². The first kappa shape index (κ1) is 13.5. The van der Waals surface area contributed by atoms with Gasteiger partial charge >= 0.3 is 0 Å². The lowest BCUT2D eigenvalue weighted by Gasteiger charge is -2.32. The summed E-state index contributed by atoms with van der Waals surface area (Å²) in [6, 6.07) is 0. The van der Waals surface area contributed by atoms with Crippen LogP contribution < -0.4 is 0 Å². The van der Waals surface area contributed by atoms with E-state index in [2.05, 4.69) is 16.7 Å². The Morgan fingerprint density at radius 2 is 1.75 bits per heavy atom. The second kappa shape index (κ2) is 5.18. The number of aliphatic hydroxyl groups is 1. The number of nitrogens with zero attached hydrogens (tertiary/aromatic N) is 1. The Bertz CT molecular complexity index is 275. The van der Waals surface area contributed by atoms with E-state index < -0.39 is 5.60 Å². The maximum absolute atomic E-state index is 10.2. The minimum absolute atomic E-state index is 0.217. The van der Waals surface area contributed by atoms with Crippen LogP contribution in [-0.2, 0) is 4.74 Å². The second-order valence-electron chi connectivity index (χ2n) is 5.51. The van der Waals surface area contributed by atoms with Crippen LogP contribution in [-0.4, -0.2) is 48.5 Å². The van der Waals surface area contributed by atoms with Crippen molar-refractivity contribution in [3.05, 3.63) is 0 Å². The van der Waals surface area contributed by atoms with Gasteiger partial charge in [-0.25, -0.2) is 0 Å². The molecule has 0 aromatic rings. The predicted octanol–water partition coefficient (Wildman–Crippen LogP) is 1.12. The van der Waals surface area contributed by atoms with E-state index in [0.29, 0.717) is 0 Å².